The van der Waals surface area contributed by atoms with Crippen molar-refractivity contribution in [3.05, 3.63) is 0 Å². The van der Waals surface area contributed by atoms with Gasteiger partial charge in [0.1, 0.15) is 0 Å². The van der Waals surface area contributed by atoms with Gasteiger partial charge in [-0.15, -0.1) is 0 Å². The molecule has 0 amide bonds. The van der Waals surface area contributed by atoms with Crippen LogP contribution >= 0.6 is 0 Å². The predicted octanol–water partition coefficient (Wildman–Crippen LogP) is 3.29. The third-order valence-corrected chi connectivity index (χ3v) is 3.64. The second-order valence-electron chi connectivity index (χ2n) is 5.75. The van der Waals surface area contributed by atoms with E-state index in [1.165, 1.54) is 12.8 Å². The molecule has 2 unspecified atom stereocenters. The Morgan fingerprint density at radius 1 is 1.29 bits per heavy atom. The third kappa shape index (κ3) is 6.67. The Hall–Kier alpha value is -0.570. The molecule has 17 heavy (non-hydrogen) atoms. The first-order valence-electron chi connectivity index (χ1n) is 6.80. The summed E-state index contributed by atoms with van der Waals surface area (Å²) in [5.74, 6) is 0.0224. The number of carbonyl (C=O) groups is 1. The topological polar surface area (TPSA) is 49.3 Å². The zero-order chi connectivity index (χ0) is 13.5. The Labute approximate surface area is 106 Å². The normalized spacial score (nSPS) is 15.6. The Balaban J connectivity index is 3.96. The molecule has 2 N–H and O–H groups in total. The molecular formula is C14H29NO2. The van der Waals surface area contributed by atoms with Gasteiger partial charge in [-0.3, -0.25) is 4.79 Å². The van der Waals surface area contributed by atoms with E-state index in [1.54, 1.807) is 13.8 Å². The molecule has 0 saturated carbocycles. The summed E-state index contributed by atoms with van der Waals surface area (Å²) in [5.41, 5.74) is -0.623. The fraction of sp³-hybridized carbons (Fsp3) is 0.929. The van der Waals surface area contributed by atoms with Crippen LogP contribution in [0.15, 0.2) is 0 Å². The maximum Gasteiger partial charge on any atom is 0.309 e. The lowest BCUT2D eigenvalue weighted by atomic mass is 9.89. The lowest BCUT2D eigenvalue weighted by molar-refractivity contribution is -0.147. The summed E-state index contributed by atoms with van der Waals surface area (Å²) in [6.45, 7) is 11.0. The Morgan fingerprint density at radius 3 is 2.29 bits per heavy atom. The summed E-state index contributed by atoms with van der Waals surface area (Å²) in [4.78, 5) is 11.0. The van der Waals surface area contributed by atoms with E-state index in [-0.39, 0.29) is 0 Å². The molecule has 0 aromatic heterocycles. The van der Waals surface area contributed by atoms with Gasteiger partial charge in [0.2, 0.25) is 0 Å². The van der Waals surface area contributed by atoms with Crippen molar-refractivity contribution in [2.45, 2.75) is 66.3 Å². The number of hydrogen-bond acceptors (Lipinski definition) is 2. The van der Waals surface area contributed by atoms with E-state index < -0.39 is 11.4 Å². The van der Waals surface area contributed by atoms with Crippen LogP contribution in [0.2, 0.25) is 0 Å². The van der Waals surface area contributed by atoms with Gasteiger partial charge in [-0.25, -0.2) is 0 Å². The van der Waals surface area contributed by atoms with Gasteiger partial charge in [-0.05, 0) is 45.6 Å². The van der Waals surface area contributed by atoms with Crippen molar-refractivity contribution in [1.82, 2.24) is 5.32 Å². The molecular weight excluding hydrogens is 214 g/mol. The summed E-state index contributed by atoms with van der Waals surface area (Å²) < 4.78 is 0. The van der Waals surface area contributed by atoms with Crippen LogP contribution in [-0.2, 0) is 4.79 Å². The average Bonchev–Trinajstić information content (AvgIpc) is 2.26. The van der Waals surface area contributed by atoms with Crippen molar-refractivity contribution >= 4 is 5.97 Å². The summed E-state index contributed by atoms with van der Waals surface area (Å²) in [6, 6.07) is 0.523. The SMILES string of the molecule is CCC(C)CC(CC)NCCC(C)(C)C(=O)O. The number of carboxylic acids is 1. The van der Waals surface area contributed by atoms with Crippen molar-refractivity contribution in [3.63, 3.8) is 0 Å². The highest BCUT2D eigenvalue weighted by Crippen LogP contribution is 2.20. The monoisotopic (exact) mass is 243 g/mol. The lowest BCUT2D eigenvalue weighted by Crippen LogP contribution is -2.35. The molecule has 0 aliphatic rings. The number of nitrogens with one attached hydrogen (secondary N) is 1. The van der Waals surface area contributed by atoms with Crippen molar-refractivity contribution in [1.29, 1.82) is 0 Å². The zero-order valence-corrected chi connectivity index (χ0v) is 12.0. The van der Waals surface area contributed by atoms with Crippen molar-refractivity contribution in [2.24, 2.45) is 11.3 Å². The van der Waals surface area contributed by atoms with Crippen LogP contribution in [-0.4, -0.2) is 23.7 Å². The summed E-state index contributed by atoms with van der Waals surface area (Å²) in [5, 5.41) is 12.5. The van der Waals surface area contributed by atoms with Crippen LogP contribution in [0.5, 0.6) is 0 Å². The number of hydrogen-bond donors (Lipinski definition) is 2. The lowest BCUT2D eigenvalue weighted by Gasteiger charge is -2.24. The quantitative estimate of drug-likeness (QED) is 0.653. The third-order valence-electron chi connectivity index (χ3n) is 3.64. The first kappa shape index (κ1) is 16.4. The van der Waals surface area contributed by atoms with Gasteiger partial charge in [-0.1, -0.05) is 27.2 Å². The maximum atomic E-state index is 11.0. The number of rotatable bonds is 9. The van der Waals surface area contributed by atoms with Crippen LogP contribution in [0.4, 0.5) is 0 Å². The molecule has 102 valence electrons. The summed E-state index contributed by atoms with van der Waals surface area (Å²) in [7, 11) is 0. The van der Waals surface area contributed by atoms with Gasteiger partial charge in [0, 0.05) is 6.04 Å². The zero-order valence-electron chi connectivity index (χ0n) is 12.0. The maximum absolute atomic E-state index is 11.0. The van der Waals surface area contributed by atoms with Crippen LogP contribution in [0.25, 0.3) is 0 Å². The molecule has 2 atom stereocenters. The minimum Gasteiger partial charge on any atom is -0.481 e. The molecule has 0 aromatic carbocycles. The van der Waals surface area contributed by atoms with Gasteiger partial charge >= 0.3 is 5.97 Å². The molecule has 0 aromatic rings. The predicted molar refractivity (Wildman–Crippen MR) is 72.2 cm³/mol. The molecule has 0 heterocycles. The summed E-state index contributed by atoms with van der Waals surface area (Å²) in [6.07, 6.45) is 4.18. The van der Waals surface area contributed by atoms with Crippen molar-refractivity contribution in [3.8, 4) is 0 Å². The van der Waals surface area contributed by atoms with E-state index in [0.29, 0.717) is 12.5 Å². The molecule has 0 fully saturated rings. The number of aliphatic carboxylic acids is 1. The Morgan fingerprint density at radius 2 is 1.88 bits per heavy atom. The first-order chi connectivity index (χ1) is 7.83. The molecule has 3 nitrogen and oxygen atoms in total. The van der Waals surface area contributed by atoms with Crippen LogP contribution in [0.3, 0.4) is 0 Å². The van der Waals surface area contributed by atoms with Gasteiger partial charge in [-0.2, -0.15) is 0 Å². The average molecular weight is 243 g/mol. The van der Waals surface area contributed by atoms with E-state index >= 15 is 0 Å². The fourth-order valence-corrected chi connectivity index (χ4v) is 1.74. The van der Waals surface area contributed by atoms with E-state index in [9.17, 15) is 4.79 Å². The standard InChI is InChI=1S/C14H29NO2/c1-6-11(3)10-12(7-2)15-9-8-14(4,5)13(16)17/h11-12,15H,6-10H2,1-5H3,(H,16,17). The van der Waals surface area contributed by atoms with Gasteiger partial charge in [0.15, 0.2) is 0 Å². The van der Waals surface area contributed by atoms with Crippen LogP contribution in [0.1, 0.15) is 60.3 Å². The van der Waals surface area contributed by atoms with E-state index in [0.717, 1.165) is 18.9 Å². The molecule has 0 spiro atoms. The highest BCUT2D eigenvalue weighted by Gasteiger charge is 2.26. The Kier molecular flexibility index (Phi) is 7.44. The summed E-state index contributed by atoms with van der Waals surface area (Å²) >= 11 is 0. The largest absolute Gasteiger partial charge is 0.481 e. The molecule has 0 saturated heterocycles. The second kappa shape index (κ2) is 7.70. The highest BCUT2D eigenvalue weighted by atomic mass is 16.4. The Bertz CT molecular complexity index is 226. The van der Waals surface area contributed by atoms with Crippen LogP contribution in [0, 0.1) is 11.3 Å². The minimum absolute atomic E-state index is 0.523. The molecule has 0 aliphatic heterocycles. The van der Waals surface area contributed by atoms with Crippen molar-refractivity contribution < 1.29 is 9.90 Å². The molecule has 0 rings (SSSR count). The van der Waals surface area contributed by atoms with Gasteiger partial charge < -0.3 is 10.4 Å². The smallest absolute Gasteiger partial charge is 0.309 e. The first-order valence-corrected chi connectivity index (χ1v) is 6.80. The second-order valence-corrected chi connectivity index (χ2v) is 5.75. The fourth-order valence-electron chi connectivity index (χ4n) is 1.74. The van der Waals surface area contributed by atoms with Gasteiger partial charge in [0.05, 0.1) is 5.41 Å². The molecule has 3 heteroatoms. The molecule has 0 radical (unpaired) electrons. The minimum atomic E-state index is -0.714. The van der Waals surface area contributed by atoms with Crippen molar-refractivity contribution in [2.75, 3.05) is 6.54 Å². The van der Waals surface area contributed by atoms with E-state index in [4.69, 9.17) is 5.11 Å². The highest BCUT2D eigenvalue weighted by molar-refractivity contribution is 5.73. The van der Waals surface area contributed by atoms with E-state index in [1.807, 2.05) is 0 Å². The van der Waals surface area contributed by atoms with E-state index in [2.05, 4.69) is 26.1 Å². The molecule has 0 aliphatic carbocycles. The van der Waals surface area contributed by atoms with Gasteiger partial charge in [0.25, 0.3) is 0 Å². The number of carboxylic acid groups (broad SMARTS) is 1. The van der Waals surface area contributed by atoms with Crippen LogP contribution < -0.4 is 5.32 Å². The molecule has 0 bridgehead atoms.